The smallest absolute Gasteiger partial charge is 0.133 e. The van der Waals surface area contributed by atoms with Crippen LogP contribution in [0, 0.1) is 0 Å². The van der Waals surface area contributed by atoms with Gasteiger partial charge >= 0.3 is 0 Å². The number of aromatic nitrogens is 1. The van der Waals surface area contributed by atoms with Crippen LogP contribution in [0.15, 0.2) is 16.7 Å². The number of hydrogen-bond acceptors (Lipinski definition) is 3. The van der Waals surface area contributed by atoms with Crippen LogP contribution in [0.1, 0.15) is 45.1 Å². The first kappa shape index (κ1) is 14.8. The van der Waals surface area contributed by atoms with E-state index in [1.54, 1.807) is 0 Å². The normalized spacial score (nSPS) is 16.3. The molecule has 0 saturated heterocycles. The first-order valence-corrected chi connectivity index (χ1v) is 7.98. The minimum atomic E-state index is 0.489. The van der Waals surface area contributed by atoms with Crippen molar-refractivity contribution < 1.29 is 0 Å². The summed E-state index contributed by atoms with van der Waals surface area (Å²) in [4.78, 5) is 7.01. The largest absolute Gasteiger partial charge is 0.356 e. The molecule has 1 aliphatic carbocycles. The summed E-state index contributed by atoms with van der Waals surface area (Å²) in [5.41, 5.74) is 1.28. The van der Waals surface area contributed by atoms with Gasteiger partial charge in [0.1, 0.15) is 5.82 Å². The van der Waals surface area contributed by atoms with Crippen molar-refractivity contribution in [3.63, 3.8) is 0 Å². The maximum atomic E-state index is 4.64. The van der Waals surface area contributed by atoms with Gasteiger partial charge in [-0.3, -0.25) is 0 Å². The molecule has 3 nitrogen and oxygen atoms in total. The molecule has 1 aliphatic rings. The summed E-state index contributed by atoms with van der Waals surface area (Å²) in [6.07, 6.45) is 7.20. The third-order valence-corrected chi connectivity index (χ3v) is 4.25. The molecule has 0 atom stereocenters. The quantitative estimate of drug-likeness (QED) is 0.894. The van der Waals surface area contributed by atoms with Crippen LogP contribution < -0.4 is 10.2 Å². The molecule has 0 amide bonds. The van der Waals surface area contributed by atoms with E-state index in [9.17, 15) is 0 Å². The molecule has 1 saturated carbocycles. The number of anilines is 1. The Bertz CT molecular complexity index is 414. The van der Waals surface area contributed by atoms with Crippen molar-refractivity contribution in [1.29, 1.82) is 0 Å². The van der Waals surface area contributed by atoms with Crippen molar-refractivity contribution in [3.05, 3.63) is 22.3 Å². The Balaban J connectivity index is 2.17. The Morgan fingerprint density at radius 2 is 2.11 bits per heavy atom. The fourth-order valence-electron chi connectivity index (χ4n) is 2.70. The molecular formula is C15H24BrN3. The summed E-state index contributed by atoms with van der Waals surface area (Å²) in [6, 6.07) is 3.33. The first-order valence-electron chi connectivity index (χ1n) is 7.18. The van der Waals surface area contributed by atoms with Gasteiger partial charge in [-0.05, 0) is 34.8 Å². The van der Waals surface area contributed by atoms with E-state index in [0.717, 1.165) is 16.8 Å². The maximum absolute atomic E-state index is 4.64. The van der Waals surface area contributed by atoms with E-state index in [1.165, 1.54) is 31.2 Å². The number of halogens is 1. The van der Waals surface area contributed by atoms with Crippen molar-refractivity contribution in [2.45, 2.75) is 58.2 Å². The van der Waals surface area contributed by atoms with Gasteiger partial charge < -0.3 is 10.2 Å². The van der Waals surface area contributed by atoms with Crippen LogP contribution in [-0.4, -0.2) is 24.1 Å². The highest BCUT2D eigenvalue weighted by atomic mass is 79.9. The van der Waals surface area contributed by atoms with E-state index in [0.29, 0.717) is 12.1 Å². The molecule has 1 aromatic rings. The lowest BCUT2D eigenvalue weighted by Gasteiger charge is -2.28. The van der Waals surface area contributed by atoms with Crippen molar-refractivity contribution >= 4 is 21.7 Å². The zero-order valence-electron chi connectivity index (χ0n) is 12.1. The zero-order chi connectivity index (χ0) is 13.8. The van der Waals surface area contributed by atoms with Crippen LogP contribution in [0.5, 0.6) is 0 Å². The summed E-state index contributed by atoms with van der Waals surface area (Å²) in [5.74, 6) is 1.13. The van der Waals surface area contributed by atoms with Crippen molar-refractivity contribution in [1.82, 2.24) is 10.3 Å². The van der Waals surface area contributed by atoms with Gasteiger partial charge in [0.25, 0.3) is 0 Å². The molecule has 1 heterocycles. The van der Waals surface area contributed by atoms with Gasteiger partial charge in [0.05, 0.1) is 0 Å². The first-order chi connectivity index (χ1) is 9.08. The Kier molecular flexibility index (Phi) is 5.22. The third-order valence-electron chi connectivity index (χ3n) is 3.82. The second kappa shape index (κ2) is 6.71. The molecule has 0 spiro atoms. The van der Waals surface area contributed by atoms with Crippen molar-refractivity contribution in [3.8, 4) is 0 Å². The molecular weight excluding hydrogens is 302 g/mol. The van der Waals surface area contributed by atoms with Crippen LogP contribution in [-0.2, 0) is 6.54 Å². The van der Waals surface area contributed by atoms with Gasteiger partial charge in [0.2, 0.25) is 0 Å². The standard InChI is InChI=1S/C15H24BrN3/c1-11(2)17-9-12-8-13(16)10-18-15(12)19(3)14-6-4-5-7-14/h8,10-11,14,17H,4-7,9H2,1-3H3. The van der Waals surface area contributed by atoms with Crippen LogP contribution in [0.3, 0.4) is 0 Å². The fraction of sp³-hybridized carbons (Fsp3) is 0.667. The lowest BCUT2D eigenvalue weighted by Crippen LogP contribution is -2.31. The highest BCUT2D eigenvalue weighted by Gasteiger charge is 2.22. The van der Waals surface area contributed by atoms with Gasteiger partial charge in [0.15, 0.2) is 0 Å². The van der Waals surface area contributed by atoms with Crippen molar-refractivity contribution in [2.75, 3.05) is 11.9 Å². The molecule has 0 aromatic carbocycles. The van der Waals surface area contributed by atoms with Gasteiger partial charge in [0, 0.05) is 41.9 Å². The van der Waals surface area contributed by atoms with Crippen LogP contribution in [0.2, 0.25) is 0 Å². The summed E-state index contributed by atoms with van der Waals surface area (Å²) < 4.78 is 1.05. The summed E-state index contributed by atoms with van der Waals surface area (Å²) in [7, 11) is 2.19. The van der Waals surface area contributed by atoms with Crippen LogP contribution in [0.25, 0.3) is 0 Å². The molecule has 0 aliphatic heterocycles. The Hall–Kier alpha value is -0.610. The number of nitrogens with zero attached hydrogens (tertiary/aromatic N) is 2. The minimum Gasteiger partial charge on any atom is -0.356 e. The summed E-state index contributed by atoms with van der Waals surface area (Å²) in [6.45, 7) is 5.22. The molecule has 1 aromatic heterocycles. The second-order valence-electron chi connectivity index (χ2n) is 5.72. The van der Waals surface area contributed by atoms with Gasteiger partial charge in [-0.2, -0.15) is 0 Å². The van der Waals surface area contributed by atoms with E-state index in [4.69, 9.17) is 0 Å². The molecule has 0 radical (unpaired) electrons. The average molecular weight is 326 g/mol. The zero-order valence-corrected chi connectivity index (χ0v) is 13.7. The highest BCUT2D eigenvalue weighted by molar-refractivity contribution is 9.10. The number of nitrogens with one attached hydrogen (secondary N) is 1. The molecule has 106 valence electrons. The Morgan fingerprint density at radius 1 is 1.42 bits per heavy atom. The lowest BCUT2D eigenvalue weighted by molar-refractivity contribution is 0.582. The van der Waals surface area contributed by atoms with E-state index < -0.39 is 0 Å². The predicted octanol–water partition coefficient (Wildman–Crippen LogP) is 3.72. The molecule has 1 N–H and O–H groups in total. The second-order valence-corrected chi connectivity index (χ2v) is 6.64. The van der Waals surface area contributed by atoms with Crippen molar-refractivity contribution in [2.24, 2.45) is 0 Å². The average Bonchev–Trinajstić information content (AvgIpc) is 2.89. The lowest BCUT2D eigenvalue weighted by atomic mass is 10.1. The molecule has 4 heteroatoms. The monoisotopic (exact) mass is 325 g/mol. The van der Waals surface area contributed by atoms with Crippen LogP contribution in [0.4, 0.5) is 5.82 Å². The van der Waals surface area contributed by atoms with Gasteiger partial charge in [-0.1, -0.05) is 26.7 Å². The Morgan fingerprint density at radius 3 is 2.74 bits per heavy atom. The SMILES string of the molecule is CC(C)NCc1cc(Br)cnc1N(C)C1CCCC1. The number of rotatable bonds is 5. The molecule has 19 heavy (non-hydrogen) atoms. The van der Waals surface area contributed by atoms with E-state index in [-0.39, 0.29) is 0 Å². The molecule has 0 bridgehead atoms. The predicted molar refractivity (Wildman–Crippen MR) is 84.6 cm³/mol. The molecule has 0 unspecified atom stereocenters. The highest BCUT2D eigenvalue weighted by Crippen LogP contribution is 2.29. The van der Waals surface area contributed by atoms with Gasteiger partial charge in [-0.25, -0.2) is 4.98 Å². The van der Waals surface area contributed by atoms with E-state index in [1.807, 2.05) is 6.20 Å². The van der Waals surface area contributed by atoms with E-state index >= 15 is 0 Å². The van der Waals surface area contributed by atoms with E-state index in [2.05, 4.69) is 58.1 Å². The van der Waals surface area contributed by atoms with Gasteiger partial charge in [-0.15, -0.1) is 0 Å². The number of pyridine rings is 1. The van der Waals surface area contributed by atoms with Crippen LogP contribution >= 0.6 is 15.9 Å². The molecule has 1 fully saturated rings. The number of hydrogen-bond donors (Lipinski definition) is 1. The summed E-state index contributed by atoms with van der Waals surface area (Å²) in [5, 5.41) is 3.49. The Labute approximate surface area is 124 Å². The fourth-order valence-corrected chi connectivity index (χ4v) is 3.08. The third kappa shape index (κ3) is 3.93. The topological polar surface area (TPSA) is 28.2 Å². The minimum absolute atomic E-state index is 0.489. The maximum Gasteiger partial charge on any atom is 0.133 e. The molecule has 2 rings (SSSR count). The summed E-state index contributed by atoms with van der Waals surface area (Å²) >= 11 is 3.53.